The van der Waals surface area contributed by atoms with Gasteiger partial charge in [-0.15, -0.1) is 10.2 Å². The molecule has 0 aliphatic carbocycles. The van der Waals surface area contributed by atoms with Crippen LogP contribution >= 0.6 is 0 Å². The van der Waals surface area contributed by atoms with E-state index in [2.05, 4.69) is 10.2 Å². The molecule has 0 bridgehead atoms. The van der Waals surface area contributed by atoms with Crippen molar-refractivity contribution in [3.05, 3.63) is 52.1 Å². The van der Waals surface area contributed by atoms with E-state index in [1.54, 1.807) is 12.1 Å². The quantitative estimate of drug-likeness (QED) is 0.504. The van der Waals surface area contributed by atoms with Gasteiger partial charge in [-0.2, -0.15) is 0 Å². The zero-order chi connectivity index (χ0) is 14.7. The Hall–Kier alpha value is -2.96. The summed E-state index contributed by atoms with van der Waals surface area (Å²) in [5.41, 5.74) is 0.824. The van der Waals surface area contributed by atoms with Crippen LogP contribution in [0, 0.1) is 17.0 Å². The molecule has 102 valence electrons. The first-order valence-electron chi connectivity index (χ1n) is 5.66. The van der Waals surface area contributed by atoms with Crippen LogP contribution in [0.4, 0.5) is 17.1 Å². The molecule has 0 saturated carbocycles. The maximum atomic E-state index is 10.6. The third-order valence-electron chi connectivity index (χ3n) is 2.57. The molecule has 0 aliphatic rings. The highest BCUT2D eigenvalue weighted by Crippen LogP contribution is 2.34. The van der Waals surface area contributed by atoms with Gasteiger partial charge in [0.25, 0.3) is 5.69 Å². The highest BCUT2D eigenvalue weighted by atomic mass is 16.6. The molecule has 2 rings (SSSR count). The lowest BCUT2D eigenvalue weighted by atomic mass is 10.2. The minimum Gasteiger partial charge on any atom is -0.506 e. The molecule has 2 aromatic carbocycles. The van der Waals surface area contributed by atoms with Crippen LogP contribution in [0.2, 0.25) is 0 Å². The van der Waals surface area contributed by atoms with Crippen molar-refractivity contribution < 1.29 is 15.1 Å². The molecule has 20 heavy (non-hydrogen) atoms. The number of aromatic hydroxyl groups is 2. The molecule has 0 atom stereocenters. The predicted molar refractivity (Wildman–Crippen MR) is 71.8 cm³/mol. The SMILES string of the molecule is Cc1ccc(N=Nc2cc([N+](=O)[O-])ccc2O)c(O)c1. The number of aryl methyl sites for hydroxylation is 1. The van der Waals surface area contributed by atoms with Gasteiger partial charge in [0.2, 0.25) is 0 Å². The largest absolute Gasteiger partial charge is 0.506 e. The van der Waals surface area contributed by atoms with Crippen LogP contribution in [-0.2, 0) is 0 Å². The van der Waals surface area contributed by atoms with Crippen LogP contribution in [0.3, 0.4) is 0 Å². The number of phenols is 2. The molecular weight excluding hydrogens is 262 g/mol. The Kier molecular flexibility index (Phi) is 3.60. The van der Waals surface area contributed by atoms with Crippen molar-refractivity contribution in [2.45, 2.75) is 6.92 Å². The van der Waals surface area contributed by atoms with Gasteiger partial charge >= 0.3 is 0 Å². The second kappa shape index (κ2) is 5.35. The van der Waals surface area contributed by atoms with Crippen molar-refractivity contribution in [3.63, 3.8) is 0 Å². The summed E-state index contributed by atoms with van der Waals surface area (Å²) in [5, 5.41) is 37.4. The average molecular weight is 273 g/mol. The Bertz CT molecular complexity index is 698. The molecule has 0 heterocycles. The second-order valence-electron chi connectivity index (χ2n) is 4.12. The molecule has 2 aromatic rings. The fraction of sp³-hybridized carbons (Fsp3) is 0.0769. The molecule has 7 heteroatoms. The highest BCUT2D eigenvalue weighted by molar-refractivity contribution is 5.58. The van der Waals surface area contributed by atoms with Gasteiger partial charge in [0, 0.05) is 12.1 Å². The van der Waals surface area contributed by atoms with Crippen LogP contribution in [0.15, 0.2) is 46.6 Å². The normalized spacial score (nSPS) is 10.8. The lowest BCUT2D eigenvalue weighted by Gasteiger charge is -2.00. The number of nitro groups is 1. The van der Waals surface area contributed by atoms with Crippen LogP contribution in [0.5, 0.6) is 11.5 Å². The molecule has 0 spiro atoms. The van der Waals surface area contributed by atoms with Gasteiger partial charge in [-0.3, -0.25) is 10.1 Å². The van der Waals surface area contributed by atoms with E-state index in [0.717, 1.165) is 17.7 Å². The van der Waals surface area contributed by atoms with E-state index in [-0.39, 0.29) is 28.6 Å². The van der Waals surface area contributed by atoms with E-state index in [1.807, 2.05) is 6.92 Å². The Morgan fingerprint density at radius 1 is 1.00 bits per heavy atom. The molecule has 0 saturated heterocycles. The summed E-state index contributed by atoms with van der Waals surface area (Å²) >= 11 is 0. The van der Waals surface area contributed by atoms with E-state index in [9.17, 15) is 20.3 Å². The summed E-state index contributed by atoms with van der Waals surface area (Å²) in [5.74, 6) is -0.287. The van der Waals surface area contributed by atoms with E-state index < -0.39 is 4.92 Å². The second-order valence-corrected chi connectivity index (χ2v) is 4.12. The zero-order valence-corrected chi connectivity index (χ0v) is 10.5. The number of rotatable bonds is 3. The fourth-order valence-corrected chi connectivity index (χ4v) is 1.53. The number of non-ortho nitro benzene ring substituents is 1. The summed E-state index contributed by atoms with van der Waals surface area (Å²) < 4.78 is 0. The van der Waals surface area contributed by atoms with Crippen molar-refractivity contribution in [2.24, 2.45) is 10.2 Å². The summed E-state index contributed by atoms with van der Waals surface area (Å²) in [6.07, 6.45) is 0. The minimum absolute atomic E-state index is 0.0424. The van der Waals surface area contributed by atoms with Gasteiger partial charge in [0.1, 0.15) is 22.9 Å². The van der Waals surface area contributed by atoms with Crippen LogP contribution in [-0.4, -0.2) is 15.1 Å². The van der Waals surface area contributed by atoms with E-state index in [0.29, 0.717) is 0 Å². The van der Waals surface area contributed by atoms with Crippen molar-refractivity contribution in [1.29, 1.82) is 0 Å². The summed E-state index contributed by atoms with van der Waals surface area (Å²) in [6, 6.07) is 8.24. The van der Waals surface area contributed by atoms with Gasteiger partial charge in [0.05, 0.1) is 4.92 Å². The summed E-state index contributed by atoms with van der Waals surface area (Å²) in [6.45, 7) is 1.81. The van der Waals surface area contributed by atoms with Gasteiger partial charge in [0.15, 0.2) is 0 Å². The van der Waals surface area contributed by atoms with E-state index in [1.165, 1.54) is 12.1 Å². The van der Waals surface area contributed by atoms with Crippen molar-refractivity contribution in [2.75, 3.05) is 0 Å². The smallest absolute Gasteiger partial charge is 0.271 e. The summed E-state index contributed by atoms with van der Waals surface area (Å²) in [4.78, 5) is 10.0. The van der Waals surface area contributed by atoms with Gasteiger partial charge < -0.3 is 10.2 Å². The first-order chi connectivity index (χ1) is 9.47. The first-order valence-corrected chi connectivity index (χ1v) is 5.66. The molecule has 2 N–H and O–H groups in total. The van der Waals surface area contributed by atoms with E-state index in [4.69, 9.17) is 0 Å². The molecule has 0 unspecified atom stereocenters. The third kappa shape index (κ3) is 2.89. The predicted octanol–water partition coefficient (Wildman–Crippen LogP) is 3.73. The van der Waals surface area contributed by atoms with E-state index >= 15 is 0 Å². The number of nitrogens with zero attached hydrogens (tertiary/aromatic N) is 3. The number of hydrogen-bond donors (Lipinski definition) is 2. The van der Waals surface area contributed by atoms with Crippen molar-refractivity contribution in [3.8, 4) is 11.5 Å². The van der Waals surface area contributed by atoms with Gasteiger partial charge in [-0.05, 0) is 30.7 Å². The van der Waals surface area contributed by atoms with Crippen LogP contribution < -0.4 is 0 Å². The maximum Gasteiger partial charge on any atom is 0.271 e. The first kappa shape index (κ1) is 13.5. The Morgan fingerprint density at radius 2 is 1.70 bits per heavy atom. The Balaban J connectivity index is 2.35. The average Bonchev–Trinajstić information content (AvgIpc) is 2.39. The lowest BCUT2D eigenvalue weighted by molar-refractivity contribution is -0.384. The van der Waals surface area contributed by atoms with Crippen molar-refractivity contribution >= 4 is 17.1 Å². The van der Waals surface area contributed by atoms with Crippen LogP contribution in [0.25, 0.3) is 0 Å². The molecule has 0 aromatic heterocycles. The molecule has 7 nitrogen and oxygen atoms in total. The monoisotopic (exact) mass is 273 g/mol. The standard InChI is InChI=1S/C13H11N3O4/c1-8-2-4-10(13(18)6-8)14-15-11-7-9(16(19)20)3-5-12(11)17/h2-7,17-18H,1H3. The number of phenolic OH excluding ortho intramolecular Hbond substituents is 2. The molecule has 0 aliphatic heterocycles. The number of azo groups is 1. The number of nitro benzene ring substituents is 1. The highest BCUT2D eigenvalue weighted by Gasteiger charge is 2.10. The minimum atomic E-state index is -0.595. The third-order valence-corrected chi connectivity index (χ3v) is 2.57. The van der Waals surface area contributed by atoms with Gasteiger partial charge in [-0.1, -0.05) is 6.07 Å². The maximum absolute atomic E-state index is 10.6. The lowest BCUT2D eigenvalue weighted by Crippen LogP contribution is -1.86. The topological polar surface area (TPSA) is 108 Å². The molecule has 0 fully saturated rings. The van der Waals surface area contributed by atoms with Crippen molar-refractivity contribution in [1.82, 2.24) is 0 Å². The summed E-state index contributed by atoms with van der Waals surface area (Å²) in [7, 11) is 0. The number of benzene rings is 2. The Morgan fingerprint density at radius 3 is 2.35 bits per heavy atom. The fourth-order valence-electron chi connectivity index (χ4n) is 1.53. The van der Waals surface area contributed by atoms with Crippen LogP contribution in [0.1, 0.15) is 5.56 Å². The van der Waals surface area contributed by atoms with Gasteiger partial charge in [-0.25, -0.2) is 0 Å². The molecule has 0 amide bonds. The molecular formula is C13H11N3O4. The number of hydrogen-bond acceptors (Lipinski definition) is 6. The molecule has 0 radical (unpaired) electrons. The Labute approximate surface area is 114 Å². The zero-order valence-electron chi connectivity index (χ0n) is 10.5.